The number of thiophene rings is 1. The van der Waals surface area contributed by atoms with Gasteiger partial charge < -0.3 is 10.2 Å². The van der Waals surface area contributed by atoms with E-state index in [1.807, 2.05) is 17.5 Å². The number of hydrogen-bond acceptors (Lipinski definition) is 3. The van der Waals surface area contributed by atoms with Crippen LogP contribution in [0.2, 0.25) is 0 Å². The number of anilines is 1. The highest BCUT2D eigenvalue weighted by molar-refractivity contribution is 7.09. The predicted molar refractivity (Wildman–Crippen MR) is 84.2 cm³/mol. The first-order chi connectivity index (χ1) is 10.2. The van der Waals surface area contributed by atoms with Gasteiger partial charge in [0.05, 0.1) is 22.7 Å². The van der Waals surface area contributed by atoms with Gasteiger partial charge >= 0.3 is 0 Å². The molecular weight excluding hydrogens is 282 g/mol. The Bertz CT molecular complexity index is 631. The lowest BCUT2D eigenvalue weighted by molar-refractivity contribution is -0.903. The van der Waals surface area contributed by atoms with Crippen LogP contribution >= 0.6 is 11.3 Å². The molecule has 2 N–H and O–H groups in total. The molecule has 1 aromatic heterocycles. The van der Waals surface area contributed by atoms with E-state index in [9.17, 15) is 4.79 Å². The van der Waals surface area contributed by atoms with Crippen LogP contribution in [0.3, 0.4) is 0 Å². The maximum Gasteiger partial charge on any atom is 0.279 e. The molecule has 0 aliphatic carbocycles. The van der Waals surface area contributed by atoms with E-state index in [0.717, 1.165) is 13.1 Å². The number of hydrogen-bond donors (Lipinski definition) is 2. The number of benzene rings is 1. The zero-order valence-corrected chi connectivity index (χ0v) is 12.7. The molecule has 1 heterocycles. The van der Waals surface area contributed by atoms with Gasteiger partial charge in [-0.15, -0.1) is 11.3 Å². The maximum absolute atomic E-state index is 12.1. The first-order valence-electron chi connectivity index (χ1n) is 6.88. The minimum atomic E-state index is -0.0638. The Morgan fingerprint density at radius 2 is 2.14 bits per heavy atom. The van der Waals surface area contributed by atoms with Crippen molar-refractivity contribution in [3.63, 3.8) is 0 Å². The molecule has 5 heteroatoms. The minimum Gasteiger partial charge on any atom is -0.323 e. The normalized spacial score (nSPS) is 11.6. The van der Waals surface area contributed by atoms with Gasteiger partial charge in [-0.05, 0) is 30.5 Å². The Labute approximate surface area is 128 Å². The molecule has 0 spiro atoms. The van der Waals surface area contributed by atoms with Crippen molar-refractivity contribution < 1.29 is 9.69 Å². The summed E-state index contributed by atoms with van der Waals surface area (Å²) in [6.45, 7) is 4.19. The molecule has 0 aliphatic rings. The summed E-state index contributed by atoms with van der Waals surface area (Å²) in [5, 5.41) is 13.9. The lowest BCUT2D eigenvalue weighted by Gasteiger charge is -2.16. The highest BCUT2D eigenvalue weighted by atomic mass is 32.1. The van der Waals surface area contributed by atoms with Crippen LogP contribution in [0.4, 0.5) is 5.69 Å². The Kier molecular flexibility index (Phi) is 5.50. The highest BCUT2D eigenvalue weighted by Crippen LogP contribution is 2.12. The molecular formula is C16H18N3OS+. The van der Waals surface area contributed by atoms with Gasteiger partial charge in [-0.1, -0.05) is 18.2 Å². The van der Waals surface area contributed by atoms with E-state index < -0.39 is 0 Å². The second-order valence-electron chi connectivity index (χ2n) is 4.74. The van der Waals surface area contributed by atoms with Crippen molar-refractivity contribution in [1.82, 2.24) is 0 Å². The van der Waals surface area contributed by atoms with Crippen molar-refractivity contribution in [2.45, 2.75) is 13.5 Å². The summed E-state index contributed by atoms with van der Waals surface area (Å²) in [6, 6.07) is 13.2. The number of amides is 1. The summed E-state index contributed by atoms with van der Waals surface area (Å²) in [6.07, 6.45) is 0. The van der Waals surface area contributed by atoms with Crippen molar-refractivity contribution in [1.29, 1.82) is 5.26 Å². The average molecular weight is 300 g/mol. The Morgan fingerprint density at radius 3 is 2.81 bits per heavy atom. The first kappa shape index (κ1) is 15.2. The molecule has 0 saturated heterocycles. The number of likely N-dealkylation sites (N-methyl/N-ethyl adjacent to an activating group) is 1. The number of carbonyl (C=O) groups excluding carboxylic acids is 1. The fourth-order valence-corrected chi connectivity index (χ4v) is 2.86. The van der Waals surface area contributed by atoms with Crippen LogP contribution in [-0.2, 0) is 11.3 Å². The molecule has 1 atom stereocenters. The molecule has 0 radical (unpaired) electrons. The average Bonchev–Trinajstić information content (AvgIpc) is 3.00. The van der Waals surface area contributed by atoms with Crippen molar-refractivity contribution in [3.05, 3.63) is 52.2 Å². The molecule has 4 nitrogen and oxygen atoms in total. The fourth-order valence-electron chi connectivity index (χ4n) is 2.08. The zero-order valence-electron chi connectivity index (χ0n) is 11.9. The molecule has 0 bridgehead atoms. The van der Waals surface area contributed by atoms with Crippen molar-refractivity contribution >= 4 is 22.9 Å². The van der Waals surface area contributed by atoms with E-state index >= 15 is 0 Å². The smallest absolute Gasteiger partial charge is 0.279 e. The van der Waals surface area contributed by atoms with Crippen LogP contribution in [0.25, 0.3) is 0 Å². The summed E-state index contributed by atoms with van der Waals surface area (Å²) in [5.41, 5.74) is 1.07. The topological polar surface area (TPSA) is 57.3 Å². The number of rotatable bonds is 6. The van der Waals surface area contributed by atoms with Gasteiger partial charge in [-0.2, -0.15) is 5.26 Å². The standard InChI is InChI=1S/C16H17N3OS/c1-2-19(11-14-7-5-9-21-14)12-16(20)18-15-8-4-3-6-13(15)10-17/h3-9H,2,11-12H2,1H3,(H,18,20)/p+1. The largest absolute Gasteiger partial charge is 0.323 e. The SMILES string of the molecule is CC[NH+](CC(=O)Nc1ccccc1C#N)Cc1cccs1. The zero-order chi connectivity index (χ0) is 15.1. The van der Waals surface area contributed by atoms with Gasteiger partial charge in [-0.25, -0.2) is 0 Å². The summed E-state index contributed by atoms with van der Waals surface area (Å²) in [5.74, 6) is -0.0638. The lowest BCUT2D eigenvalue weighted by Crippen LogP contribution is -3.11. The molecule has 21 heavy (non-hydrogen) atoms. The Morgan fingerprint density at radius 1 is 1.33 bits per heavy atom. The first-order valence-corrected chi connectivity index (χ1v) is 7.75. The molecule has 2 aromatic rings. The third kappa shape index (κ3) is 4.42. The second-order valence-corrected chi connectivity index (χ2v) is 5.77. The quantitative estimate of drug-likeness (QED) is 0.852. The van der Waals surface area contributed by atoms with Crippen LogP contribution in [0.15, 0.2) is 41.8 Å². The number of nitriles is 1. The maximum atomic E-state index is 12.1. The van der Waals surface area contributed by atoms with Crippen LogP contribution in [-0.4, -0.2) is 19.0 Å². The number of nitrogens with one attached hydrogen (secondary N) is 2. The molecule has 0 fully saturated rings. The van der Waals surface area contributed by atoms with E-state index in [2.05, 4.69) is 24.4 Å². The second kappa shape index (κ2) is 7.58. The highest BCUT2D eigenvalue weighted by Gasteiger charge is 2.14. The molecule has 1 amide bonds. The van der Waals surface area contributed by atoms with Crippen LogP contribution in [0.1, 0.15) is 17.4 Å². The van der Waals surface area contributed by atoms with Gasteiger partial charge in [0.2, 0.25) is 0 Å². The van der Waals surface area contributed by atoms with Crippen molar-refractivity contribution in [3.8, 4) is 6.07 Å². The monoisotopic (exact) mass is 300 g/mol. The number of quaternary nitrogens is 1. The molecule has 1 unspecified atom stereocenters. The Hall–Kier alpha value is -2.16. The van der Waals surface area contributed by atoms with Crippen LogP contribution in [0.5, 0.6) is 0 Å². The molecule has 108 valence electrons. The van der Waals surface area contributed by atoms with E-state index in [-0.39, 0.29) is 5.91 Å². The van der Waals surface area contributed by atoms with Crippen molar-refractivity contribution in [2.75, 3.05) is 18.4 Å². The third-order valence-electron chi connectivity index (χ3n) is 3.24. The minimum absolute atomic E-state index is 0.0638. The molecule has 2 rings (SSSR count). The number of para-hydroxylation sites is 1. The van der Waals surface area contributed by atoms with Gasteiger partial charge in [0.15, 0.2) is 6.54 Å². The van der Waals surface area contributed by atoms with Crippen LogP contribution < -0.4 is 10.2 Å². The van der Waals surface area contributed by atoms with Gasteiger partial charge in [-0.3, -0.25) is 4.79 Å². The summed E-state index contributed by atoms with van der Waals surface area (Å²) in [7, 11) is 0. The number of carbonyl (C=O) groups is 1. The van der Waals surface area contributed by atoms with Crippen LogP contribution in [0, 0.1) is 11.3 Å². The summed E-state index contributed by atoms with van der Waals surface area (Å²) in [4.78, 5) is 14.6. The van der Waals surface area contributed by atoms with Crippen molar-refractivity contribution in [2.24, 2.45) is 0 Å². The predicted octanol–water partition coefficient (Wildman–Crippen LogP) is 1.66. The summed E-state index contributed by atoms with van der Waals surface area (Å²) < 4.78 is 0. The third-order valence-corrected chi connectivity index (χ3v) is 4.11. The molecule has 0 saturated carbocycles. The molecule has 0 aliphatic heterocycles. The van der Waals surface area contributed by atoms with E-state index in [4.69, 9.17) is 5.26 Å². The van der Waals surface area contributed by atoms with E-state index in [1.54, 1.807) is 29.5 Å². The fraction of sp³-hybridized carbons (Fsp3) is 0.250. The number of nitrogens with zero attached hydrogens (tertiary/aromatic N) is 1. The van der Waals surface area contributed by atoms with E-state index in [0.29, 0.717) is 17.8 Å². The van der Waals surface area contributed by atoms with Gasteiger partial charge in [0, 0.05) is 0 Å². The summed E-state index contributed by atoms with van der Waals surface area (Å²) >= 11 is 1.71. The van der Waals surface area contributed by atoms with Gasteiger partial charge in [0.1, 0.15) is 12.6 Å². The van der Waals surface area contributed by atoms with E-state index in [1.165, 1.54) is 9.78 Å². The Balaban J connectivity index is 1.95. The lowest BCUT2D eigenvalue weighted by atomic mass is 10.2. The molecule has 1 aromatic carbocycles. The van der Waals surface area contributed by atoms with Gasteiger partial charge in [0.25, 0.3) is 5.91 Å².